The van der Waals surface area contributed by atoms with Gasteiger partial charge in [-0.05, 0) is 44.2 Å². The van der Waals surface area contributed by atoms with Crippen molar-refractivity contribution >= 4 is 0 Å². The minimum Gasteiger partial charge on any atom is -0.312 e. The van der Waals surface area contributed by atoms with Crippen molar-refractivity contribution in [3.63, 3.8) is 0 Å². The molecule has 0 bridgehead atoms. The molecule has 2 fully saturated rings. The highest BCUT2D eigenvalue weighted by Gasteiger charge is 2.42. The van der Waals surface area contributed by atoms with Gasteiger partial charge in [0.25, 0.3) is 0 Å². The predicted octanol–water partition coefficient (Wildman–Crippen LogP) is 4.20. The molecule has 0 heterocycles. The van der Waals surface area contributed by atoms with Crippen LogP contribution < -0.4 is 5.32 Å². The molecule has 0 radical (unpaired) electrons. The fraction of sp³-hybridized carbons (Fsp3) is 1.00. The van der Waals surface area contributed by atoms with Gasteiger partial charge in [-0.1, -0.05) is 53.4 Å². The second-order valence-corrected chi connectivity index (χ2v) is 7.61. The average Bonchev–Trinajstić information content (AvgIpc) is 2.44. The van der Waals surface area contributed by atoms with Crippen molar-refractivity contribution in [2.75, 3.05) is 13.1 Å². The summed E-state index contributed by atoms with van der Waals surface area (Å²) in [4.78, 5) is 2.87. The summed E-state index contributed by atoms with van der Waals surface area (Å²) in [6, 6.07) is 2.28. The Morgan fingerprint density at radius 3 is 2.30 bits per heavy atom. The van der Waals surface area contributed by atoms with Crippen LogP contribution in [0.4, 0.5) is 0 Å². The topological polar surface area (TPSA) is 15.3 Å². The molecule has 0 spiro atoms. The van der Waals surface area contributed by atoms with Crippen LogP contribution in [-0.2, 0) is 0 Å². The van der Waals surface area contributed by atoms with Gasteiger partial charge in [0.2, 0.25) is 0 Å². The highest BCUT2D eigenvalue weighted by atomic mass is 15.2. The maximum atomic E-state index is 3.84. The second-order valence-electron chi connectivity index (χ2n) is 7.61. The molecule has 0 aromatic rings. The van der Waals surface area contributed by atoms with Gasteiger partial charge >= 0.3 is 0 Å². The summed E-state index contributed by atoms with van der Waals surface area (Å²) in [6.07, 6.45) is 11.4. The average molecular weight is 280 g/mol. The van der Waals surface area contributed by atoms with Crippen LogP contribution in [-0.4, -0.2) is 36.1 Å². The summed E-state index contributed by atoms with van der Waals surface area (Å²) in [7, 11) is 0. The van der Waals surface area contributed by atoms with Crippen molar-refractivity contribution in [1.82, 2.24) is 10.2 Å². The zero-order chi connectivity index (χ0) is 14.6. The third kappa shape index (κ3) is 3.57. The Bertz CT molecular complexity index is 281. The molecule has 2 aliphatic rings. The van der Waals surface area contributed by atoms with Gasteiger partial charge in [-0.15, -0.1) is 0 Å². The minimum absolute atomic E-state index is 0.445. The quantitative estimate of drug-likeness (QED) is 0.812. The van der Waals surface area contributed by atoms with Crippen LogP contribution in [0.25, 0.3) is 0 Å². The molecule has 2 nitrogen and oxygen atoms in total. The molecule has 2 heteroatoms. The van der Waals surface area contributed by atoms with Crippen LogP contribution in [0.1, 0.15) is 79.1 Å². The summed E-state index contributed by atoms with van der Waals surface area (Å²) in [5.41, 5.74) is 0.445. The predicted molar refractivity (Wildman–Crippen MR) is 88.1 cm³/mol. The fourth-order valence-corrected chi connectivity index (χ4v) is 4.78. The summed E-state index contributed by atoms with van der Waals surface area (Å²) in [5.74, 6) is 0. The fourth-order valence-electron chi connectivity index (χ4n) is 4.78. The third-order valence-electron chi connectivity index (χ3n) is 5.81. The van der Waals surface area contributed by atoms with E-state index in [4.69, 9.17) is 0 Å². The molecule has 2 saturated carbocycles. The summed E-state index contributed by atoms with van der Waals surface area (Å²) < 4.78 is 0. The Hall–Kier alpha value is -0.0800. The normalized spacial score (nSPS) is 31.6. The van der Waals surface area contributed by atoms with E-state index in [-0.39, 0.29) is 0 Å². The molecule has 2 unspecified atom stereocenters. The molecule has 2 aliphatic carbocycles. The molecule has 0 saturated heterocycles. The number of nitrogens with one attached hydrogen (secondary N) is 1. The van der Waals surface area contributed by atoms with Gasteiger partial charge in [-0.3, -0.25) is 4.90 Å². The zero-order valence-corrected chi connectivity index (χ0v) is 14.3. The lowest BCUT2D eigenvalue weighted by Crippen LogP contribution is -2.61. The first kappa shape index (κ1) is 16.3. The van der Waals surface area contributed by atoms with E-state index >= 15 is 0 Å². The molecule has 0 aromatic carbocycles. The van der Waals surface area contributed by atoms with Crippen LogP contribution >= 0.6 is 0 Å². The Morgan fingerprint density at radius 2 is 1.70 bits per heavy atom. The molecule has 0 amide bonds. The van der Waals surface area contributed by atoms with Crippen molar-refractivity contribution < 1.29 is 0 Å². The lowest BCUT2D eigenvalue weighted by molar-refractivity contribution is 0.0165. The lowest BCUT2D eigenvalue weighted by Gasteiger charge is -2.51. The third-order valence-corrected chi connectivity index (χ3v) is 5.81. The summed E-state index contributed by atoms with van der Waals surface area (Å²) >= 11 is 0. The van der Waals surface area contributed by atoms with Gasteiger partial charge in [-0.25, -0.2) is 0 Å². The highest BCUT2D eigenvalue weighted by Crippen LogP contribution is 2.39. The first-order valence-electron chi connectivity index (χ1n) is 9.09. The number of likely N-dealkylation sites (N-methyl/N-ethyl adjacent to an activating group) is 2. The molecule has 20 heavy (non-hydrogen) atoms. The monoisotopic (exact) mass is 280 g/mol. The largest absolute Gasteiger partial charge is 0.312 e. The van der Waals surface area contributed by atoms with Crippen molar-refractivity contribution in [2.24, 2.45) is 5.41 Å². The van der Waals surface area contributed by atoms with E-state index in [2.05, 4.69) is 37.9 Å². The van der Waals surface area contributed by atoms with Crippen LogP contribution in [0.15, 0.2) is 0 Å². The lowest BCUT2D eigenvalue weighted by atomic mass is 9.69. The molecular weight excluding hydrogens is 244 g/mol. The van der Waals surface area contributed by atoms with E-state index < -0.39 is 0 Å². The van der Waals surface area contributed by atoms with Gasteiger partial charge in [0.15, 0.2) is 0 Å². The van der Waals surface area contributed by atoms with Gasteiger partial charge < -0.3 is 5.32 Å². The van der Waals surface area contributed by atoms with Crippen LogP contribution in [0.2, 0.25) is 0 Å². The molecule has 118 valence electrons. The van der Waals surface area contributed by atoms with Crippen LogP contribution in [0.3, 0.4) is 0 Å². The summed E-state index contributed by atoms with van der Waals surface area (Å²) in [6.45, 7) is 11.9. The number of nitrogens with zero attached hydrogens (tertiary/aromatic N) is 1. The van der Waals surface area contributed by atoms with Gasteiger partial charge in [0, 0.05) is 18.1 Å². The van der Waals surface area contributed by atoms with Crippen LogP contribution in [0, 0.1) is 5.41 Å². The van der Waals surface area contributed by atoms with E-state index in [9.17, 15) is 0 Å². The minimum atomic E-state index is 0.445. The molecule has 2 rings (SSSR count). The highest BCUT2D eigenvalue weighted by molar-refractivity contribution is 4.99. The molecule has 1 N–H and O–H groups in total. The standard InChI is InChI=1S/C18H36N2/c1-5-19-17-16(13-10-14-18(17,3)4)20(6-2)15-11-8-7-9-12-15/h15-17,19H,5-14H2,1-4H3. The van der Waals surface area contributed by atoms with Crippen molar-refractivity contribution in [3.05, 3.63) is 0 Å². The Labute approximate surface area is 126 Å². The molecule has 0 aliphatic heterocycles. The van der Waals surface area contributed by atoms with E-state index in [1.807, 2.05) is 0 Å². The smallest absolute Gasteiger partial charge is 0.0274 e. The van der Waals surface area contributed by atoms with Gasteiger partial charge in [0.1, 0.15) is 0 Å². The van der Waals surface area contributed by atoms with Crippen LogP contribution in [0.5, 0.6) is 0 Å². The van der Waals surface area contributed by atoms with Crippen molar-refractivity contribution in [2.45, 2.75) is 97.2 Å². The van der Waals surface area contributed by atoms with Crippen molar-refractivity contribution in [3.8, 4) is 0 Å². The SMILES string of the molecule is CCNC1C(N(CC)C2CCCCC2)CCCC1(C)C. The molecule has 0 aromatic heterocycles. The van der Waals surface area contributed by atoms with E-state index in [1.54, 1.807) is 0 Å². The number of rotatable bonds is 5. The first-order valence-corrected chi connectivity index (χ1v) is 9.09. The molecule has 2 atom stereocenters. The number of hydrogen-bond acceptors (Lipinski definition) is 2. The van der Waals surface area contributed by atoms with E-state index in [1.165, 1.54) is 57.9 Å². The van der Waals surface area contributed by atoms with Gasteiger partial charge in [0.05, 0.1) is 0 Å². The Kier molecular flexibility index (Phi) is 5.92. The van der Waals surface area contributed by atoms with E-state index in [0.717, 1.165) is 18.6 Å². The second kappa shape index (κ2) is 7.26. The maximum absolute atomic E-state index is 3.84. The zero-order valence-electron chi connectivity index (χ0n) is 14.3. The van der Waals surface area contributed by atoms with Gasteiger partial charge in [-0.2, -0.15) is 0 Å². The van der Waals surface area contributed by atoms with E-state index in [0.29, 0.717) is 11.5 Å². The number of hydrogen-bond donors (Lipinski definition) is 1. The molecular formula is C18H36N2. The Balaban J connectivity index is 2.12. The Morgan fingerprint density at radius 1 is 1.00 bits per heavy atom. The summed E-state index contributed by atoms with van der Waals surface area (Å²) in [5, 5.41) is 3.84. The maximum Gasteiger partial charge on any atom is 0.0274 e. The first-order chi connectivity index (χ1) is 9.60. The van der Waals surface area contributed by atoms with Crippen molar-refractivity contribution in [1.29, 1.82) is 0 Å².